The Bertz CT molecular complexity index is 547. The normalized spacial score (nSPS) is 10.8. The minimum absolute atomic E-state index is 0.0734. The van der Waals surface area contributed by atoms with Crippen molar-refractivity contribution in [3.63, 3.8) is 0 Å². The number of hydrogen-bond acceptors (Lipinski definition) is 3. The number of phenols is 1. The van der Waals surface area contributed by atoms with Crippen molar-refractivity contribution < 1.29 is 19.7 Å². The SMILES string of the molecule is CCCCCCCCCc1c(I)c(I)c(I)c(O)c1OC(=O)O. The van der Waals surface area contributed by atoms with Crippen molar-refractivity contribution in [2.45, 2.75) is 58.3 Å². The molecule has 130 valence electrons. The van der Waals surface area contributed by atoms with Gasteiger partial charge in [0.1, 0.15) is 0 Å². The number of unbranched alkanes of at least 4 members (excludes halogenated alkanes) is 6. The van der Waals surface area contributed by atoms with E-state index in [2.05, 4.69) is 52.1 Å². The summed E-state index contributed by atoms with van der Waals surface area (Å²) < 4.78 is 7.40. The zero-order valence-electron chi connectivity index (χ0n) is 13.0. The molecule has 0 spiro atoms. The van der Waals surface area contributed by atoms with Crippen LogP contribution in [0.1, 0.15) is 57.4 Å². The Hall–Kier alpha value is 0.480. The molecule has 0 saturated heterocycles. The predicted molar refractivity (Wildman–Crippen MR) is 117 cm³/mol. The van der Waals surface area contributed by atoms with Crippen molar-refractivity contribution in [3.8, 4) is 11.5 Å². The highest BCUT2D eigenvalue weighted by molar-refractivity contribution is 14.1. The number of halogens is 3. The first-order valence-corrected chi connectivity index (χ1v) is 10.9. The molecule has 1 aromatic carbocycles. The second-order valence-corrected chi connectivity index (χ2v) is 8.57. The fourth-order valence-electron chi connectivity index (χ4n) is 2.35. The van der Waals surface area contributed by atoms with E-state index >= 15 is 0 Å². The van der Waals surface area contributed by atoms with Crippen molar-refractivity contribution in [1.29, 1.82) is 0 Å². The molecule has 0 aliphatic rings. The van der Waals surface area contributed by atoms with E-state index in [9.17, 15) is 9.90 Å². The Morgan fingerprint density at radius 3 is 2.09 bits per heavy atom. The van der Waals surface area contributed by atoms with Crippen molar-refractivity contribution >= 4 is 73.9 Å². The molecule has 0 unspecified atom stereocenters. The zero-order valence-corrected chi connectivity index (χ0v) is 19.5. The van der Waals surface area contributed by atoms with Crippen LogP contribution in [0.5, 0.6) is 11.5 Å². The summed E-state index contributed by atoms with van der Waals surface area (Å²) in [4.78, 5) is 10.9. The van der Waals surface area contributed by atoms with Crippen molar-refractivity contribution in [2.75, 3.05) is 0 Å². The first kappa shape index (κ1) is 21.5. The third-order valence-corrected chi connectivity index (χ3v) is 8.95. The molecule has 4 nitrogen and oxygen atoms in total. The summed E-state index contributed by atoms with van der Waals surface area (Å²) in [6.45, 7) is 2.21. The van der Waals surface area contributed by atoms with Crippen molar-refractivity contribution in [3.05, 3.63) is 16.3 Å². The van der Waals surface area contributed by atoms with Gasteiger partial charge in [0.15, 0.2) is 11.5 Å². The van der Waals surface area contributed by atoms with Crippen LogP contribution in [-0.4, -0.2) is 16.4 Å². The van der Waals surface area contributed by atoms with Gasteiger partial charge in [-0.2, -0.15) is 0 Å². The first-order valence-electron chi connectivity index (χ1n) is 7.69. The van der Waals surface area contributed by atoms with Crippen LogP contribution in [0.2, 0.25) is 0 Å². The van der Waals surface area contributed by atoms with E-state index < -0.39 is 6.16 Å². The Balaban J connectivity index is 2.78. The molecular formula is C16H21I3O4. The lowest BCUT2D eigenvalue weighted by Crippen LogP contribution is -2.09. The van der Waals surface area contributed by atoms with Gasteiger partial charge in [-0.15, -0.1) is 0 Å². The van der Waals surface area contributed by atoms with Crippen LogP contribution in [-0.2, 0) is 6.42 Å². The lowest BCUT2D eigenvalue weighted by atomic mass is 10.0. The molecule has 0 saturated carbocycles. The molecule has 0 atom stereocenters. The highest BCUT2D eigenvalue weighted by Crippen LogP contribution is 2.42. The van der Waals surface area contributed by atoms with E-state index in [1.54, 1.807) is 0 Å². The van der Waals surface area contributed by atoms with Gasteiger partial charge in [-0.3, -0.25) is 0 Å². The quantitative estimate of drug-likeness (QED) is 0.104. The molecule has 1 aromatic rings. The van der Waals surface area contributed by atoms with Gasteiger partial charge in [0.25, 0.3) is 0 Å². The van der Waals surface area contributed by atoms with Gasteiger partial charge >= 0.3 is 6.16 Å². The number of ether oxygens (including phenoxy) is 1. The maximum atomic E-state index is 10.9. The van der Waals surface area contributed by atoms with Gasteiger partial charge in [-0.25, -0.2) is 4.79 Å². The van der Waals surface area contributed by atoms with Crippen LogP contribution in [0.25, 0.3) is 0 Å². The summed E-state index contributed by atoms with van der Waals surface area (Å²) in [5.74, 6) is 0.0217. The Labute approximate surface area is 178 Å². The number of phenolic OH excluding ortho intramolecular Hbond substituents is 1. The van der Waals surface area contributed by atoms with Crippen LogP contribution in [0, 0.1) is 10.7 Å². The number of benzene rings is 1. The summed E-state index contributed by atoms with van der Waals surface area (Å²) in [5.41, 5.74) is 0.795. The summed E-state index contributed by atoms with van der Waals surface area (Å²) in [6.07, 6.45) is 7.65. The van der Waals surface area contributed by atoms with Crippen LogP contribution < -0.4 is 4.74 Å². The molecule has 2 N–H and O–H groups in total. The Kier molecular flexibility index (Phi) is 10.4. The Morgan fingerprint density at radius 1 is 0.957 bits per heavy atom. The minimum Gasteiger partial charge on any atom is -0.503 e. The molecule has 0 aromatic heterocycles. The molecule has 0 aliphatic heterocycles. The topological polar surface area (TPSA) is 66.8 Å². The van der Waals surface area contributed by atoms with Crippen LogP contribution in [0.3, 0.4) is 0 Å². The van der Waals surface area contributed by atoms with E-state index in [0.29, 0.717) is 3.57 Å². The zero-order chi connectivity index (χ0) is 17.4. The number of rotatable bonds is 9. The fraction of sp³-hybridized carbons (Fsp3) is 0.562. The highest BCUT2D eigenvalue weighted by Gasteiger charge is 2.22. The Morgan fingerprint density at radius 2 is 1.52 bits per heavy atom. The summed E-state index contributed by atoms with van der Waals surface area (Å²) in [6, 6.07) is 0. The van der Waals surface area contributed by atoms with Gasteiger partial charge in [0.05, 0.1) is 3.57 Å². The lowest BCUT2D eigenvalue weighted by molar-refractivity contribution is 0.142. The van der Waals surface area contributed by atoms with Crippen LogP contribution in [0.4, 0.5) is 4.79 Å². The maximum Gasteiger partial charge on any atom is 0.511 e. The molecule has 23 heavy (non-hydrogen) atoms. The second kappa shape index (κ2) is 11.2. The molecule has 0 radical (unpaired) electrons. The van der Waals surface area contributed by atoms with Gasteiger partial charge in [-0.05, 0) is 80.6 Å². The van der Waals surface area contributed by atoms with Crippen LogP contribution >= 0.6 is 67.8 Å². The van der Waals surface area contributed by atoms with Gasteiger partial charge < -0.3 is 14.9 Å². The van der Waals surface area contributed by atoms with E-state index in [4.69, 9.17) is 9.84 Å². The smallest absolute Gasteiger partial charge is 0.503 e. The number of carbonyl (C=O) groups is 1. The van der Waals surface area contributed by atoms with Gasteiger partial charge in [-0.1, -0.05) is 45.4 Å². The second-order valence-electron chi connectivity index (χ2n) is 5.34. The van der Waals surface area contributed by atoms with E-state index in [1.165, 1.54) is 32.1 Å². The number of hydrogen-bond donors (Lipinski definition) is 2. The molecule has 0 heterocycles. The van der Waals surface area contributed by atoms with E-state index in [0.717, 1.165) is 32.0 Å². The maximum absolute atomic E-state index is 10.9. The van der Waals surface area contributed by atoms with E-state index in [1.807, 2.05) is 22.6 Å². The minimum atomic E-state index is -1.39. The number of carboxylic acid groups (broad SMARTS) is 1. The standard InChI is InChI=1S/C16H21I3O4/c1-2-3-4-5-6-7-8-9-10-11(17)12(18)13(19)14(20)15(10)23-16(21)22/h20H,2-9H2,1H3,(H,21,22). The van der Waals surface area contributed by atoms with Gasteiger partial charge in [0, 0.05) is 12.7 Å². The average molecular weight is 658 g/mol. The molecule has 7 heteroatoms. The molecular weight excluding hydrogens is 637 g/mol. The molecule has 0 fully saturated rings. The first-order chi connectivity index (χ1) is 10.9. The largest absolute Gasteiger partial charge is 0.511 e. The highest BCUT2D eigenvalue weighted by atomic mass is 127. The van der Waals surface area contributed by atoms with Crippen LogP contribution in [0.15, 0.2) is 0 Å². The number of aromatic hydroxyl groups is 1. The third-order valence-electron chi connectivity index (χ3n) is 3.57. The average Bonchev–Trinajstić information content (AvgIpc) is 2.51. The lowest BCUT2D eigenvalue weighted by Gasteiger charge is -2.15. The molecule has 0 amide bonds. The van der Waals surface area contributed by atoms with Crippen molar-refractivity contribution in [2.24, 2.45) is 0 Å². The summed E-state index contributed by atoms with van der Waals surface area (Å²) >= 11 is 6.39. The summed E-state index contributed by atoms with van der Waals surface area (Å²) in [7, 11) is 0. The summed E-state index contributed by atoms with van der Waals surface area (Å²) in [5, 5.41) is 19.1. The molecule has 1 rings (SSSR count). The third kappa shape index (κ3) is 6.71. The van der Waals surface area contributed by atoms with Crippen molar-refractivity contribution in [1.82, 2.24) is 0 Å². The van der Waals surface area contributed by atoms with Gasteiger partial charge in [0.2, 0.25) is 0 Å². The molecule has 0 aliphatic carbocycles. The fourth-order valence-corrected chi connectivity index (χ4v) is 4.75. The predicted octanol–water partition coefficient (Wildman–Crippen LogP) is 6.56. The molecule has 0 bridgehead atoms. The monoisotopic (exact) mass is 658 g/mol. The van der Waals surface area contributed by atoms with E-state index in [-0.39, 0.29) is 11.5 Å².